The summed E-state index contributed by atoms with van der Waals surface area (Å²) in [5.41, 5.74) is 8.92. The zero-order chi connectivity index (χ0) is 9.26. The van der Waals surface area contributed by atoms with Crippen molar-refractivity contribution in [3.05, 3.63) is 29.5 Å². The number of aromatic nitrogens is 2. The molecule has 0 fully saturated rings. The van der Waals surface area contributed by atoms with Crippen LogP contribution in [0.3, 0.4) is 0 Å². The third-order valence-electron chi connectivity index (χ3n) is 2.18. The van der Waals surface area contributed by atoms with E-state index in [4.69, 9.17) is 5.73 Å². The Morgan fingerprint density at radius 2 is 2.31 bits per heavy atom. The van der Waals surface area contributed by atoms with Crippen LogP contribution in [0, 0.1) is 6.92 Å². The van der Waals surface area contributed by atoms with Gasteiger partial charge in [-0.05, 0) is 25.6 Å². The number of aryl methyl sites for hydroxylation is 1. The monoisotopic (exact) mass is 175 g/mol. The molecule has 1 aromatic carbocycles. The molecule has 0 aliphatic carbocycles. The van der Waals surface area contributed by atoms with Gasteiger partial charge in [-0.15, -0.1) is 0 Å². The highest BCUT2D eigenvalue weighted by Gasteiger charge is 2.03. The zero-order valence-corrected chi connectivity index (χ0v) is 7.67. The summed E-state index contributed by atoms with van der Waals surface area (Å²) < 4.78 is 0. The molecule has 3 nitrogen and oxygen atoms in total. The highest BCUT2D eigenvalue weighted by molar-refractivity contribution is 5.81. The molecular weight excluding hydrogens is 162 g/mol. The fourth-order valence-corrected chi connectivity index (χ4v) is 1.51. The molecule has 0 aliphatic heterocycles. The average molecular weight is 175 g/mol. The lowest BCUT2D eigenvalue weighted by Crippen LogP contribution is -2.03. The molecule has 0 aliphatic rings. The minimum Gasteiger partial charge on any atom is -0.330 e. The van der Waals surface area contributed by atoms with Crippen molar-refractivity contribution < 1.29 is 0 Å². The molecule has 3 heteroatoms. The van der Waals surface area contributed by atoms with E-state index in [0.717, 1.165) is 17.6 Å². The highest BCUT2D eigenvalue weighted by Crippen LogP contribution is 2.17. The van der Waals surface area contributed by atoms with Crippen molar-refractivity contribution in [1.82, 2.24) is 10.2 Å². The Hall–Kier alpha value is -1.35. The molecule has 0 atom stereocenters. The standard InChI is InChI=1S/C10H13N3/c1-7-2-3-9-8(6-7)10(4-5-11)13-12-9/h2-3,6H,4-5,11H2,1H3,(H,12,13). The number of aromatic amines is 1. The maximum Gasteiger partial charge on any atom is 0.0923 e. The maximum absolute atomic E-state index is 5.50. The first-order chi connectivity index (χ1) is 6.31. The first-order valence-corrected chi connectivity index (χ1v) is 4.45. The summed E-state index contributed by atoms with van der Waals surface area (Å²) in [5, 5.41) is 8.41. The van der Waals surface area contributed by atoms with Crippen LogP contribution in [-0.2, 0) is 6.42 Å². The van der Waals surface area contributed by atoms with Crippen LogP contribution >= 0.6 is 0 Å². The Morgan fingerprint density at radius 3 is 3.08 bits per heavy atom. The van der Waals surface area contributed by atoms with Crippen LogP contribution in [0.2, 0.25) is 0 Å². The van der Waals surface area contributed by atoms with Gasteiger partial charge in [-0.1, -0.05) is 11.6 Å². The van der Waals surface area contributed by atoms with Gasteiger partial charge in [0, 0.05) is 17.5 Å². The molecule has 0 amide bonds. The van der Waals surface area contributed by atoms with Crippen LogP contribution in [0.25, 0.3) is 10.9 Å². The van der Waals surface area contributed by atoms with Gasteiger partial charge in [-0.2, -0.15) is 5.10 Å². The SMILES string of the molecule is Cc1ccc2n[nH]c(CCN)c2c1. The molecule has 1 aromatic heterocycles. The lowest BCUT2D eigenvalue weighted by molar-refractivity contribution is 0.909. The van der Waals surface area contributed by atoms with Gasteiger partial charge in [-0.3, -0.25) is 5.10 Å². The highest BCUT2D eigenvalue weighted by atomic mass is 15.1. The van der Waals surface area contributed by atoms with Crippen molar-refractivity contribution in [3.8, 4) is 0 Å². The van der Waals surface area contributed by atoms with Crippen LogP contribution in [0.4, 0.5) is 0 Å². The fourth-order valence-electron chi connectivity index (χ4n) is 1.51. The lowest BCUT2D eigenvalue weighted by atomic mass is 10.1. The third-order valence-corrected chi connectivity index (χ3v) is 2.18. The van der Waals surface area contributed by atoms with E-state index in [1.807, 2.05) is 6.07 Å². The lowest BCUT2D eigenvalue weighted by Gasteiger charge is -1.95. The van der Waals surface area contributed by atoms with E-state index < -0.39 is 0 Å². The first kappa shape index (κ1) is 8.26. The number of nitrogens with one attached hydrogen (secondary N) is 1. The van der Waals surface area contributed by atoms with Crippen molar-refractivity contribution in [1.29, 1.82) is 0 Å². The maximum atomic E-state index is 5.50. The summed E-state index contributed by atoms with van der Waals surface area (Å²) in [6.07, 6.45) is 0.861. The molecule has 68 valence electrons. The number of nitrogens with zero attached hydrogens (tertiary/aromatic N) is 1. The van der Waals surface area contributed by atoms with Crippen LogP contribution in [0.1, 0.15) is 11.3 Å². The molecule has 13 heavy (non-hydrogen) atoms. The summed E-state index contributed by atoms with van der Waals surface area (Å²) in [7, 11) is 0. The normalized spacial score (nSPS) is 10.9. The molecule has 0 radical (unpaired) electrons. The van der Waals surface area contributed by atoms with Crippen molar-refractivity contribution in [2.75, 3.05) is 6.54 Å². The predicted molar refractivity (Wildman–Crippen MR) is 53.6 cm³/mol. The third kappa shape index (κ3) is 1.42. The van der Waals surface area contributed by atoms with Crippen LogP contribution < -0.4 is 5.73 Å². The van der Waals surface area contributed by atoms with E-state index in [1.54, 1.807) is 0 Å². The molecule has 2 aromatic rings. The van der Waals surface area contributed by atoms with Gasteiger partial charge in [0.1, 0.15) is 0 Å². The molecule has 0 spiro atoms. The van der Waals surface area contributed by atoms with E-state index in [2.05, 4.69) is 29.3 Å². The summed E-state index contributed by atoms with van der Waals surface area (Å²) >= 11 is 0. The number of benzene rings is 1. The molecule has 2 rings (SSSR count). The Morgan fingerprint density at radius 1 is 1.46 bits per heavy atom. The minimum atomic E-state index is 0.658. The van der Waals surface area contributed by atoms with Gasteiger partial charge in [0.2, 0.25) is 0 Å². The van der Waals surface area contributed by atoms with Crippen LogP contribution in [0.5, 0.6) is 0 Å². The summed E-state index contributed by atoms with van der Waals surface area (Å²) in [5.74, 6) is 0. The molecule has 0 unspecified atom stereocenters. The number of hydrogen-bond donors (Lipinski definition) is 2. The average Bonchev–Trinajstić information content (AvgIpc) is 2.49. The van der Waals surface area contributed by atoms with Crippen molar-refractivity contribution in [3.63, 3.8) is 0 Å². The second-order valence-corrected chi connectivity index (χ2v) is 3.26. The summed E-state index contributed by atoms with van der Waals surface area (Å²) in [6.45, 7) is 2.74. The van der Waals surface area contributed by atoms with Gasteiger partial charge in [0.05, 0.1) is 5.52 Å². The molecule has 0 saturated carbocycles. The van der Waals surface area contributed by atoms with Crippen molar-refractivity contribution in [2.45, 2.75) is 13.3 Å². The summed E-state index contributed by atoms with van der Waals surface area (Å²) in [4.78, 5) is 0. The molecule has 1 heterocycles. The van der Waals surface area contributed by atoms with E-state index in [0.29, 0.717) is 6.54 Å². The fraction of sp³-hybridized carbons (Fsp3) is 0.300. The Balaban J connectivity index is 2.58. The van der Waals surface area contributed by atoms with Gasteiger partial charge in [0.25, 0.3) is 0 Å². The van der Waals surface area contributed by atoms with Crippen molar-refractivity contribution in [2.24, 2.45) is 5.73 Å². The Bertz CT molecular complexity index is 417. The van der Waals surface area contributed by atoms with E-state index in [-0.39, 0.29) is 0 Å². The summed E-state index contributed by atoms with van der Waals surface area (Å²) in [6, 6.07) is 6.24. The van der Waals surface area contributed by atoms with E-state index >= 15 is 0 Å². The van der Waals surface area contributed by atoms with Gasteiger partial charge >= 0.3 is 0 Å². The minimum absolute atomic E-state index is 0.658. The first-order valence-electron chi connectivity index (χ1n) is 4.45. The van der Waals surface area contributed by atoms with E-state index in [9.17, 15) is 0 Å². The smallest absolute Gasteiger partial charge is 0.0923 e. The topological polar surface area (TPSA) is 54.7 Å². The molecular formula is C10H13N3. The van der Waals surface area contributed by atoms with Gasteiger partial charge in [-0.25, -0.2) is 0 Å². The second-order valence-electron chi connectivity index (χ2n) is 3.26. The molecule has 0 bridgehead atoms. The van der Waals surface area contributed by atoms with Crippen LogP contribution in [0.15, 0.2) is 18.2 Å². The number of fused-ring (bicyclic) bond motifs is 1. The zero-order valence-electron chi connectivity index (χ0n) is 7.67. The van der Waals surface area contributed by atoms with Gasteiger partial charge in [0.15, 0.2) is 0 Å². The molecule has 3 N–H and O–H groups in total. The second kappa shape index (κ2) is 3.18. The van der Waals surface area contributed by atoms with Crippen molar-refractivity contribution >= 4 is 10.9 Å². The number of nitrogens with two attached hydrogens (primary N) is 1. The number of H-pyrrole nitrogens is 1. The number of hydrogen-bond acceptors (Lipinski definition) is 2. The molecule has 0 saturated heterocycles. The predicted octanol–water partition coefficient (Wildman–Crippen LogP) is 1.37. The number of rotatable bonds is 2. The van der Waals surface area contributed by atoms with E-state index in [1.165, 1.54) is 10.9 Å². The Labute approximate surface area is 76.9 Å². The quantitative estimate of drug-likeness (QED) is 0.724. The van der Waals surface area contributed by atoms with Crippen LogP contribution in [-0.4, -0.2) is 16.7 Å². The van der Waals surface area contributed by atoms with Gasteiger partial charge < -0.3 is 5.73 Å². The largest absolute Gasteiger partial charge is 0.330 e. The Kier molecular flexibility index (Phi) is 2.02.